The molecule has 0 radical (unpaired) electrons. The van der Waals surface area contributed by atoms with Crippen LogP contribution in [0.25, 0.3) is 0 Å². The fourth-order valence-corrected chi connectivity index (χ4v) is 2.98. The van der Waals surface area contributed by atoms with Gasteiger partial charge in [0.15, 0.2) is 0 Å². The van der Waals surface area contributed by atoms with Gasteiger partial charge in [-0.2, -0.15) is 4.89 Å². The van der Waals surface area contributed by atoms with Gasteiger partial charge in [0.1, 0.15) is 12.3 Å². The van der Waals surface area contributed by atoms with Crippen LogP contribution in [0.3, 0.4) is 0 Å². The molecule has 1 fully saturated rings. The van der Waals surface area contributed by atoms with Crippen LogP contribution >= 0.6 is 40.2 Å². The largest absolute Gasteiger partial charge is 0.497 e. The number of carbonyl (C=O) groups is 2. The van der Waals surface area contributed by atoms with Crippen LogP contribution in [-0.4, -0.2) is 31.7 Å². The predicted molar refractivity (Wildman–Crippen MR) is 88.6 cm³/mol. The summed E-state index contributed by atoms with van der Waals surface area (Å²) in [5, 5.41) is 3.51. The molecule has 0 aromatic heterocycles. The van der Waals surface area contributed by atoms with E-state index in [0.29, 0.717) is 10.6 Å². The highest BCUT2D eigenvalue weighted by atomic mass is 79.9. The SMILES string of the molecule is Br.COC1=CC(=O)OC1C1(c2ccc(Cl)cc2Cl)NCC(=O)OO1. The summed E-state index contributed by atoms with van der Waals surface area (Å²) < 4.78 is 10.4. The molecule has 1 N–H and O–H groups in total. The fourth-order valence-electron chi connectivity index (χ4n) is 2.43. The van der Waals surface area contributed by atoms with Crippen molar-refractivity contribution in [3.63, 3.8) is 0 Å². The van der Waals surface area contributed by atoms with Gasteiger partial charge in [0, 0.05) is 15.6 Å². The molecule has 0 saturated carbocycles. The quantitative estimate of drug-likeness (QED) is 0.570. The number of halogens is 3. The van der Waals surface area contributed by atoms with Gasteiger partial charge in [-0.25, -0.2) is 9.59 Å². The lowest BCUT2D eigenvalue weighted by Crippen LogP contribution is -2.59. The summed E-state index contributed by atoms with van der Waals surface area (Å²) in [6, 6.07) is 4.66. The van der Waals surface area contributed by atoms with Crippen molar-refractivity contribution in [3.05, 3.63) is 45.6 Å². The number of benzene rings is 1. The zero-order valence-electron chi connectivity index (χ0n) is 12.2. The average molecular weight is 441 g/mol. The first-order valence-corrected chi connectivity index (χ1v) is 7.27. The van der Waals surface area contributed by atoms with Crippen molar-refractivity contribution in [1.82, 2.24) is 5.32 Å². The molecule has 0 spiro atoms. The number of hydrogen-bond donors (Lipinski definition) is 1. The van der Waals surface area contributed by atoms with Gasteiger partial charge in [-0.15, -0.1) is 17.0 Å². The van der Waals surface area contributed by atoms with E-state index >= 15 is 0 Å². The van der Waals surface area contributed by atoms with Crippen molar-refractivity contribution in [3.8, 4) is 0 Å². The molecule has 1 saturated heterocycles. The first kappa shape index (κ1) is 19.0. The number of nitrogens with one attached hydrogen (secondary N) is 1. The summed E-state index contributed by atoms with van der Waals surface area (Å²) in [4.78, 5) is 32.9. The normalized spacial score (nSPS) is 26.1. The molecule has 1 aromatic rings. The van der Waals surface area contributed by atoms with Gasteiger partial charge in [-0.1, -0.05) is 29.3 Å². The van der Waals surface area contributed by atoms with Crippen LogP contribution in [0.4, 0.5) is 0 Å². The number of methoxy groups -OCH3 is 1. The molecule has 24 heavy (non-hydrogen) atoms. The Labute approximate surface area is 157 Å². The first-order valence-electron chi connectivity index (χ1n) is 6.51. The maximum absolute atomic E-state index is 11.6. The Morgan fingerprint density at radius 2 is 2.08 bits per heavy atom. The van der Waals surface area contributed by atoms with Gasteiger partial charge in [0.25, 0.3) is 0 Å². The zero-order valence-corrected chi connectivity index (χ0v) is 15.4. The van der Waals surface area contributed by atoms with Gasteiger partial charge >= 0.3 is 11.9 Å². The molecule has 0 amide bonds. The summed E-state index contributed by atoms with van der Waals surface area (Å²) in [6.07, 6.45) is 0.143. The van der Waals surface area contributed by atoms with Crippen LogP contribution in [0.15, 0.2) is 30.0 Å². The number of cyclic esters (lactones) is 1. The van der Waals surface area contributed by atoms with Crippen molar-refractivity contribution < 1.29 is 28.8 Å². The minimum absolute atomic E-state index is 0. The minimum atomic E-state index is -1.55. The van der Waals surface area contributed by atoms with Crippen LogP contribution in [0.2, 0.25) is 10.0 Å². The van der Waals surface area contributed by atoms with Gasteiger partial charge in [-0.05, 0) is 12.1 Å². The van der Waals surface area contributed by atoms with E-state index in [0.717, 1.165) is 0 Å². The van der Waals surface area contributed by atoms with E-state index in [2.05, 4.69) is 5.32 Å². The van der Waals surface area contributed by atoms with E-state index in [4.69, 9.17) is 42.5 Å². The van der Waals surface area contributed by atoms with Crippen LogP contribution < -0.4 is 5.32 Å². The molecule has 130 valence electrons. The Bertz CT molecular complexity index is 701. The third-order valence-electron chi connectivity index (χ3n) is 3.45. The molecular formula is C14H12BrCl2NO6. The standard InChI is InChI=1S/C14H11Cl2NO6.BrH/c1-20-10-5-11(18)21-13(10)14(17-6-12(19)22-23-14)8-3-2-7(15)4-9(8)16;/h2-5,13,17H,6H2,1H3;1H. The molecule has 7 nitrogen and oxygen atoms in total. The smallest absolute Gasteiger partial charge is 0.356 e. The number of carbonyl (C=O) groups excluding carboxylic acids is 2. The second-order valence-electron chi connectivity index (χ2n) is 4.82. The molecular weight excluding hydrogens is 429 g/mol. The lowest BCUT2D eigenvalue weighted by Gasteiger charge is -2.39. The van der Waals surface area contributed by atoms with Crippen LogP contribution in [0, 0.1) is 0 Å². The second-order valence-corrected chi connectivity index (χ2v) is 5.66. The van der Waals surface area contributed by atoms with Gasteiger partial charge in [-0.3, -0.25) is 10.2 Å². The molecule has 1 aromatic carbocycles. The van der Waals surface area contributed by atoms with Crippen LogP contribution in [-0.2, 0) is 34.6 Å². The Kier molecular flexibility index (Phi) is 5.77. The van der Waals surface area contributed by atoms with Gasteiger partial charge in [0.05, 0.1) is 13.2 Å². The molecule has 2 aliphatic heterocycles. The fraction of sp³-hybridized carbons (Fsp3) is 0.286. The lowest BCUT2D eigenvalue weighted by atomic mass is 9.95. The van der Waals surface area contributed by atoms with Crippen molar-refractivity contribution in [2.45, 2.75) is 11.8 Å². The van der Waals surface area contributed by atoms with E-state index in [-0.39, 0.29) is 34.3 Å². The first-order chi connectivity index (χ1) is 11.0. The van der Waals surface area contributed by atoms with Gasteiger partial charge < -0.3 is 9.47 Å². The maximum Gasteiger partial charge on any atom is 0.356 e. The highest BCUT2D eigenvalue weighted by molar-refractivity contribution is 8.93. The second kappa shape index (κ2) is 7.28. The lowest BCUT2D eigenvalue weighted by molar-refractivity contribution is -0.378. The maximum atomic E-state index is 11.6. The van der Waals surface area contributed by atoms with E-state index in [1.807, 2.05) is 0 Å². The highest BCUT2D eigenvalue weighted by Gasteiger charge is 2.54. The Morgan fingerprint density at radius 3 is 2.67 bits per heavy atom. The molecule has 3 rings (SSSR count). The predicted octanol–water partition coefficient (Wildman–Crippen LogP) is 2.26. The van der Waals surface area contributed by atoms with Crippen LogP contribution in [0.1, 0.15) is 5.56 Å². The molecule has 0 bridgehead atoms. The Balaban J connectivity index is 0.00000208. The molecule has 2 heterocycles. The molecule has 2 atom stereocenters. The van der Waals surface area contributed by atoms with E-state index in [1.54, 1.807) is 12.1 Å². The molecule has 0 aliphatic carbocycles. The Hall–Kier alpha value is -1.32. The number of ether oxygens (including phenoxy) is 2. The summed E-state index contributed by atoms with van der Waals surface area (Å²) in [6.45, 7) is -0.177. The molecule has 10 heteroatoms. The third-order valence-corrected chi connectivity index (χ3v) is 4.00. The number of hydrogen-bond acceptors (Lipinski definition) is 7. The van der Waals surface area contributed by atoms with E-state index in [9.17, 15) is 9.59 Å². The van der Waals surface area contributed by atoms with E-state index < -0.39 is 23.8 Å². The van der Waals surface area contributed by atoms with Crippen molar-refractivity contribution >= 4 is 52.1 Å². The van der Waals surface area contributed by atoms with Gasteiger partial charge in [0.2, 0.25) is 11.8 Å². The molecule has 2 aliphatic rings. The molecule has 2 unspecified atom stereocenters. The Morgan fingerprint density at radius 1 is 1.33 bits per heavy atom. The number of esters is 1. The third kappa shape index (κ3) is 3.25. The summed E-state index contributed by atoms with van der Waals surface area (Å²) in [7, 11) is 1.38. The number of rotatable bonds is 3. The van der Waals surface area contributed by atoms with Crippen molar-refractivity contribution in [1.29, 1.82) is 0 Å². The van der Waals surface area contributed by atoms with Crippen molar-refractivity contribution in [2.75, 3.05) is 13.7 Å². The topological polar surface area (TPSA) is 83.1 Å². The summed E-state index contributed by atoms with van der Waals surface area (Å²) in [5.41, 5.74) is -1.18. The highest BCUT2D eigenvalue weighted by Crippen LogP contribution is 2.41. The van der Waals surface area contributed by atoms with E-state index in [1.165, 1.54) is 19.3 Å². The van der Waals surface area contributed by atoms with Crippen LogP contribution in [0.5, 0.6) is 0 Å². The zero-order chi connectivity index (χ0) is 16.6. The van der Waals surface area contributed by atoms with Crippen molar-refractivity contribution in [2.24, 2.45) is 0 Å². The average Bonchev–Trinajstić information content (AvgIpc) is 2.90. The summed E-state index contributed by atoms with van der Waals surface area (Å²) >= 11 is 12.2. The minimum Gasteiger partial charge on any atom is -0.497 e. The monoisotopic (exact) mass is 439 g/mol. The summed E-state index contributed by atoms with van der Waals surface area (Å²) in [5.74, 6) is -1.04.